The summed E-state index contributed by atoms with van der Waals surface area (Å²) in [6.07, 6.45) is 0. The van der Waals surface area contributed by atoms with Crippen LogP contribution in [0.25, 0.3) is 0 Å². The monoisotopic (exact) mass is 341 g/mol. The molecule has 0 fully saturated rings. The summed E-state index contributed by atoms with van der Waals surface area (Å²) in [7, 11) is 0. The Kier molecular flexibility index (Phi) is 3.46. The van der Waals surface area contributed by atoms with Crippen molar-refractivity contribution in [2.45, 2.75) is 13.8 Å². The zero-order chi connectivity index (χ0) is 12.4. The van der Waals surface area contributed by atoms with Gasteiger partial charge in [0.1, 0.15) is 0 Å². The third-order valence-corrected chi connectivity index (χ3v) is 3.98. The lowest BCUT2D eigenvalue weighted by molar-refractivity contribution is 0.250. The van der Waals surface area contributed by atoms with E-state index in [1.54, 1.807) is 0 Å². The number of para-hydroxylation sites is 1. The molecule has 2 aromatic rings. The second kappa shape index (κ2) is 4.87. The minimum Gasteiger partial charge on any atom is -0.306 e. The van der Waals surface area contributed by atoms with Crippen molar-refractivity contribution in [3.05, 3.63) is 45.3 Å². The summed E-state index contributed by atoms with van der Waals surface area (Å²) in [5.41, 5.74) is 2.49. The van der Waals surface area contributed by atoms with Crippen LogP contribution in [0, 0.1) is 17.4 Å². The van der Waals surface area contributed by atoms with Crippen LogP contribution in [0.1, 0.15) is 11.4 Å². The number of hydrogen-bond acceptors (Lipinski definition) is 2. The van der Waals surface area contributed by atoms with E-state index < -0.39 is 0 Å². The van der Waals surface area contributed by atoms with E-state index in [0.717, 1.165) is 20.6 Å². The molecule has 0 radical (unpaired) electrons. The van der Waals surface area contributed by atoms with E-state index in [4.69, 9.17) is 0 Å². The van der Waals surface area contributed by atoms with Crippen LogP contribution in [0.2, 0.25) is 0 Å². The number of benzene rings is 1. The molecule has 17 heavy (non-hydrogen) atoms. The van der Waals surface area contributed by atoms with Crippen LogP contribution in [-0.4, -0.2) is 15.8 Å². The summed E-state index contributed by atoms with van der Waals surface area (Å²) in [5.74, 6) is 0. The lowest BCUT2D eigenvalue weighted by Crippen LogP contribution is -2.21. The molecule has 1 aromatic carbocycles. The maximum absolute atomic E-state index is 12.0. The van der Waals surface area contributed by atoms with Crippen molar-refractivity contribution in [2.24, 2.45) is 0 Å². The van der Waals surface area contributed by atoms with Crippen LogP contribution in [0.15, 0.2) is 30.3 Å². The number of aryl methyl sites for hydroxylation is 1. The van der Waals surface area contributed by atoms with Gasteiger partial charge in [0, 0.05) is 5.69 Å². The topological polar surface area (TPSA) is 46.9 Å². The predicted molar refractivity (Wildman–Crippen MR) is 75.3 cm³/mol. The number of amides is 1. The van der Waals surface area contributed by atoms with E-state index in [2.05, 4.69) is 33.0 Å². The molecule has 1 N–H and O–H groups in total. The van der Waals surface area contributed by atoms with Crippen molar-refractivity contribution >= 4 is 34.3 Å². The van der Waals surface area contributed by atoms with Gasteiger partial charge in [-0.1, -0.05) is 18.2 Å². The van der Waals surface area contributed by atoms with Crippen molar-refractivity contribution in [1.29, 1.82) is 0 Å². The highest BCUT2D eigenvalue weighted by Gasteiger charge is 2.14. The molecule has 0 atom stereocenters. The first-order chi connectivity index (χ1) is 8.09. The van der Waals surface area contributed by atoms with Gasteiger partial charge < -0.3 is 5.32 Å². The third-order valence-electron chi connectivity index (χ3n) is 2.42. The van der Waals surface area contributed by atoms with E-state index >= 15 is 0 Å². The van der Waals surface area contributed by atoms with E-state index in [9.17, 15) is 4.79 Å². The van der Waals surface area contributed by atoms with Crippen molar-refractivity contribution in [3.63, 3.8) is 0 Å². The van der Waals surface area contributed by atoms with Crippen molar-refractivity contribution in [1.82, 2.24) is 9.78 Å². The Balaban J connectivity index is 2.24. The fraction of sp³-hybridized carbons (Fsp3) is 0.167. The standard InChI is InChI=1S/C12H12IN3O/c1-8-11(13)9(2)16(15-8)12(17)14-10-6-4-3-5-7-10/h3-7H,1-2H3,(H,14,17). The van der Waals surface area contributed by atoms with Gasteiger partial charge in [0.05, 0.1) is 15.0 Å². The van der Waals surface area contributed by atoms with Crippen molar-refractivity contribution in [2.75, 3.05) is 5.32 Å². The normalized spacial score (nSPS) is 10.3. The lowest BCUT2D eigenvalue weighted by Gasteiger charge is -2.05. The molecule has 0 aliphatic heterocycles. The van der Waals surface area contributed by atoms with E-state index in [1.807, 2.05) is 44.2 Å². The number of hydrogen-bond donors (Lipinski definition) is 1. The molecule has 1 aromatic heterocycles. The molecule has 0 saturated heterocycles. The van der Waals surface area contributed by atoms with Crippen molar-refractivity contribution in [3.8, 4) is 0 Å². The predicted octanol–water partition coefficient (Wildman–Crippen LogP) is 3.18. The Morgan fingerprint density at radius 1 is 1.29 bits per heavy atom. The van der Waals surface area contributed by atoms with Crippen LogP contribution in [0.5, 0.6) is 0 Å². The minimum atomic E-state index is -0.236. The molecule has 0 bridgehead atoms. The van der Waals surface area contributed by atoms with Gasteiger partial charge in [0.2, 0.25) is 0 Å². The van der Waals surface area contributed by atoms with Crippen LogP contribution >= 0.6 is 22.6 Å². The van der Waals surface area contributed by atoms with E-state index in [1.165, 1.54) is 4.68 Å². The second-order valence-electron chi connectivity index (χ2n) is 3.69. The minimum absolute atomic E-state index is 0.236. The lowest BCUT2D eigenvalue weighted by atomic mass is 10.3. The molecule has 4 nitrogen and oxygen atoms in total. The highest BCUT2D eigenvalue weighted by Crippen LogP contribution is 2.15. The Morgan fingerprint density at radius 2 is 1.94 bits per heavy atom. The van der Waals surface area contributed by atoms with Gasteiger partial charge in [-0.05, 0) is 48.6 Å². The number of nitrogens with one attached hydrogen (secondary N) is 1. The summed E-state index contributed by atoms with van der Waals surface area (Å²) in [4.78, 5) is 12.0. The smallest absolute Gasteiger partial charge is 0.306 e. The molecule has 0 aliphatic rings. The average molecular weight is 341 g/mol. The van der Waals surface area contributed by atoms with Gasteiger partial charge in [-0.3, -0.25) is 0 Å². The zero-order valence-electron chi connectivity index (χ0n) is 9.57. The molecule has 88 valence electrons. The first kappa shape index (κ1) is 12.1. The fourth-order valence-electron chi connectivity index (χ4n) is 1.52. The average Bonchev–Trinajstić information content (AvgIpc) is 2.58. The third kappa shape index (κ3) is 2.49. The maximum Gasteiger partial charge on any atom is 0.346 e. The van der Waals surface area contributed by atoms with Gasteiger partial charge in [-0.15, -0.1) is 0 Å². The first-order valence-electron chi connectivity index (χ1n) is 5.17. The highest BCUT2D eigenvalue weighted by atomic mass is 127. The van der Waals surface area contributed by atoms with Gasteiger partial charge in [0.15, 0.2) is 0 Å². The first-order valence-corrected chi connectivity index (χ1v) is 6.25. The zero-order valence-corrected chi connectivity index (χ0v) is 11.7. The summed E-state index contributed by atoms with van der Waals surface area (Å²) in [6, 6.07) is 9.10. The van der Waals surface area contributed by atoms with Crippen LogP contribution < -0.4 is 5.32 Å². The van der Waals surface area contributed by atoms with Crippen molar-refractivity contribution < 1.29 is 4.79 Å². The van der Waals surface area contributed by atoms with E-state index in [-0.39, 0.29) is 6.03 Å². The molecule has 0 aliphatic carbocycles. The molecule has 1 amide bonds. The van der Waals surface area contributed by atoms with Gasteiger partial charge in [0.25, 0.3) is 0 Å². The molecule has 0 saturated carbocycles. The number of carbonyl (C=O) groups is 1. The summed E-state index contributed by atoms with van der Waals surface area (Å²) in [6.45, 7) is 3.77. The molecule has 1 heterocycles. The number of nitrogens with zero attached hydrogens (tertiary/aromatic N) is 2. The quantitative estimate of drug-likeness (QED) is 0.810. The second-order valence-corrected chi connectivity index (χ2v) is 4.77. The highest BCUT2D eigenvalue weighted by molar-refractivity contribution is 14.1. The molecule has 0 unspecified atom stereocenters. The van der Waals surface area contributed by atoms with Gasteiger partial charge in [-0.25, -0.2) is 4.79 Å². The number of rotatable bonds is 1. The molecule has 2 rings (SSSR count). The molecule has 5 heteroatoms. The van der Waals surface area contributed by atoms with Gasteiger partial charge >= 0.3 is 6.03 Å². The van der Waals surface area contributed by atoms with Gasteiger partial charge in [-0.2, -0.15) is 9.78 Å². The summed E-state index contributed by atoms with van der Waals surface area (Å²) >= 11 is 2.19. The summed E-state index contributed by atoms with van der Waals surface area (Å²) in [5, 5.41) is 7.00. The van der Waals surface area contributed by atoms with E-state index in [0.29, 0.717) is 0 Å². The van der Waals surface area contributed by atoms with Crippen LogP contribution in [0.3, 0.4) is 0 Å². The SMILES string of the molecule is Cc1nn(C(=O)Nc2ccccc2)c(C)c1I. The summed E-state index contributed by atoms with van der Waals surface area (Å²) < 4.78 is 2.41. The molecular formula is C12H12IN3O. The number of carbonyl (C=O) groups excluding carboxylic acids is 1. The Labute approximate surface area is 113 Å². The number of aromatic nitrogens is 2. The number of halogens is 1. The fourth-order valence-corrected chi connectivity index (χ4v) is 1.86. The maximum atomic E-state index is 12.0. The Bertz CT molecular complexity index is 548. The largest absolute Gasteiger partial charge is 0.346 e. The van der Waals surface area contributed by atoms with Crippen LogP contribution in [0.4, 0.5) is 10.5 Å². The molecular weight excluding hydrogens is 329 g/mol. The number of anilines is 1. The Morgan fingerprint density at radius 3 is 2.47 bits per heavy atom. The molecule has 0 spiro atoms. The van der Waals surface area contributed by atoms with Crippen LogP contribution in [-0.2, 0) is 0 Å². The Hall–Kier alpha value is -1.37.